The molecule has 2 N–H and O–H groups in total. The fraction of sp³-hybridized carbons (Fsp3) is 0.429. The van der Waals surface area contributed by atoms with Gasteiger partial charge in [-0.05, 0) is 36.8 Å². The molecule has 1 fully saturated rings. The van der Waals surface area contributed by atoms with Gasteiger partial charge >= 0.3 is 6.03 Å². The topological polar surface area (TPSA) is 63.1 Å². The molecule has 0 saturated heterocycles. The zero-order valence-electron chi connectivity index (χ0n) is 15.5. The highest BCUT2D eigenvalue weighted by molar-refractivity contribution is 5.90. The molecule has 5 nitrogen and oxygen atoms in total. The van der Waals surface area contributed by atoms with Gasteiger partial charge in [0.05, 0.1) is 11.7 Å². The van der Waals surface area contributed by atoms with Crippen LogP contribution in [-0.2, 0) is 7.05 Å². The number of hydrogen-bond acceptors (Lipinski definition) is 2. The number of rotatable bonds is 4. The number of aromatic nitrogens is 1. The predicted molar refractivity (Wildman–Crippen MR) is 104 cm³/mol. The lowest BCUT2D eigenvalue weighted by molar-refractivity contribution is 0.232. The third kappa shape index (κ3) is 4.34. The van der Waals surface area contributed by atoms with Crippen molar-refractivity contribution in [3.63, 3.8) is 0 Å². The molecule has 1 aliphatic rings. The van der Waals surface area contributed by atoms with Gasteiger partial charge in [0, 0.05) is 19.3 Å². The Hall–Kier alpha value is -2.56. The van der Waals surface area contributed by atoms with Gasteiger partial charge in [-0.3, -0.25) is 4.79 Å². The molecule has 5 heteroatoms. The van der Waals surface area contributed by atoms with Crippen LogP contribution in [0.5, 0.6) is 0 Å². The van der Waals surface area contributed by atoms with Gasteiger partial charge in [-0.15, -0.1) is 0 Å². The summed E-state index contributed by atoms with van der Waals surface area (Å²) in [6.45, 7) is 1.83. The van der Waals surface area contributed by atoms with Crippen LogP contribution in [0.15, 0.2) is 47.4 Å². The molecule has 138 valence electrons. The minimum atomic E-state index is -0.230. The molecule has 0 aliphatic heterocycles. The molecule has 0 radical (unpaired) electrons. The minimum absolute atomic E-state index is 0.00402. The smallest absolute Gasteiger partial charge is 0.319 e. The highest BCUT2D eigenvalue weighted by Crippen LogP contribution is 2.34. The second-order valence-electron chi connectivity index (χ2n) is 7.20. The van der Waals surface area contributed by atoms with Crippen LogP contribution in [0.25, 0.3) is 0 Å². The second kappa shape index (κ2) is 8.21. The van der Waals surface area contributed by atoms with E-state index >= 15 is 0 Å². The zero-order chi connectivity index (χ0) is 18.5. The summed E-state index contributed by atoms with van der Waals surface area (Å²) in [6.07, 6.45) is 7.66. The Labute approximate surface area is 154 Å². The summed E-state index contributed by atoms with van der Waals surface area (Å²) in [4.78, 5) is 24.4. The number of pyridine rings is 1. The highest BCUT2D eigenvalue weighted by Gasteiger charge is 2.26. The number of aryl methyl sites for hydroxylation is 2. The molecule has 2 aromatic rings. The molecule has 26 heavy (non-hydrogen) atoms. The van der Waals surface area contributed by atoms with Gasteiger partial charge in [-0.1, -0.05) is 49.6 Å². The number of anilines is 1. The average molecular weight is 353 g/mol. The third-order valence-electron chi connectivity index (χ3n) is 5.25. The first-order valence-corrected chi connectivity index (χ1v) is 9.34. The molecule has 1 aromatic carbocycles. The van der Waals surface area contributed by atoms with Crippen LogP contribution >= 0.6 is 0 Å². The van der Waals surface area contributed by atoms with Crippen molar-refractivity contribution < 1.29 is 4.79 Å². The number of carbonyl (C=O) groups excluding carboxylic acids is 1. The number of nitrogens with zero attached hydrogens (tertiary/aromatic N) is 1. The first-order chi connectivity index (χ1) is 12.5. The average Bonchev–Trinajstić information content (AvgIpc) is 2.65. The van der Waals surface area contributed by atoms with Crippen molar-refractivity contribution in [2.45, 2.75) is 45.1 Å². The minimum Gasteiger partial charge on any atom is -0.331 e. The normalized spacial score (nSPS) is 16.1. The van der Waals surface area contributed by atoms with Crippen LogP contribution < -0.4 is 16.2 Å². The van der Waals surface area contributed by atoms with Crippen molar-refractivity contribution in [1.82, 2.24) is 9.88 Å². The van der Waals surface area contributed by atoms with Crippen LogP contribution in [-0.4, -0.2) is 10.6 Å². The van der Waals surface area contributed by atoms with Crippen molar-refractivity contribution in [2.24, 2.45) is 13.0 Å². The number of nitrogens with one attached hydrogen (secondary N) is 2. The molecule has 1 heterocycles. The van der Waals surface area contributed by atoms with E-state index in [2.05, 4.69) is 22.8 Å². The molecule has 0 spiro atoms. The first-order valence-electron chi connectivity index (χ1n) is 9.34. The Morgan fingerprint density at radius 1 is 1.15 bits per heavy atom. The van der Waals surface area contributed by atoms with Crippen molar-refractivity contribution >= 4 is 11.7 Å². The molecule has 0 bridgehead atoms. The largest absolute Gasteiger partial charge is 0.331 e. The third-order valence-corrected chi connectivity index (χ3v) is 5.25. The zero-order valence-corrected chi connectivity index (χ0v) is 15.5. The van der Waals surface area contributed by atoms with E-state index in [-0.39, 0.29) is 17.6 Å². The monoisotopic (exact) mass is 353 g/mol. The van der Waals surface area contributed by atoms with Crippen molar-refractivity contribution in [1.29, 1.82) is 0 Å². The van der Waals surface area contributed by atoms with Crippen molar-refractivity contribution in [3.8, 4) is 0 Å². The molecule has 1 aliphatic carbocycles. The Balaban J connectivity index is 1.77. The maximum atomic E-state index is 12.7. The molecule has 1 unspecified atom stereocenters. The summed E-state index contributed by atoms with van der Waals surface area (Å²) < 4.78 is 1.47. The molecular formula is C21H27N3O2. The summed E-state index contributed by atoms with van der Waals surface area (Å²) in [5.74, 6) is 0.457. The lowest BCUT2D eigenvalue weighted by atomic mass is 9.81. The number of urea groups is 1. The molecule has 1 aromatic heterocycles. The summed E-state index contributed by atoms with van der Waals surface area (Å²) in [5.41, 5.74) is 2.47. The van der Waals surface area contributed by atoms with E-state index in [0.29, 0.717) is 11.6 Å². The summed E-state index contributed by atoms with van der Waals surface area (Å²) in [5, 5.41) is 6.08. The van der Waals surface area contributed by atoms with Crippen LogP contribution in [0, 0.1) is 12.8 Å². The van der Waals surface area contributed by atoms with Crippen LogP contribution in [0.4, 0.5) is 10.5 Å². The predicted octanol–water partition coefficient (Wildman–Crippen LogP) is 4.14. The molecule has 2 amide bonds. The van der Waals surface area contributed by atoms with E-state index in [4.69, 9.17) is 0 Å². The lowest BCUT2D eigenvalue weighted by Gasteiger charge is -2.31. The van der Waals surface area contributed by atoms with Crippen LogP contribution in [0.2, 0.25) is 0 Å². The summed E-state index contributed by atoms with van der Waals surface area (Å²) >= 11 is 0. The van der Waals surface area contributed by atoms with Crippen molar-refractivity contribution in [3.05, 3.63) is 64.1 Å². The highest BCUT2D eigenvalue weighted by atomic mass is 16.2. The van der Waals surface area contributed by atoms with E-state index in [1.54, 1.807) is 13.2 Å². The van der Waals surface area contributed by atoms with E-state index in [0.717, 1.165) is 24.0 Å². The van der Waals surface area contributed by atoms with Gasteiger partial charge in [-0.25, -0.2) is 4.79 Å². The standard InChI is InChI=1S/C21H27N3O2/c1-15-13-19(25)24(2)14-18(15)22-21(26)23-20(16-9-5-3-6-10-16)17-11-7-4-8-12-17/h3,5-6,9-10,13-14,17,20H,4,7-8,11-12H2,1-2H3,(H2,22,23,26). The number of carbonyl (C=O) groups is 1. The van der Waals surface area contributed by atoms with E-state index in [1.807, 2.05) is 25.1 Å². The Bertz CT molecular complexity index is 808. The van der Waals surface area contributed by atoms with E-state index < -0.39 is 0 Å². The summed E-state index contributed by atoms with van der Waals surface area (Å²) in [7, 11) is 1.68. The van der Waals surface area contributed by atoms with Gasteiger partial charge in [0.1, 0.15) is 0 Å². The fourth-order valence-corrected chi connectivity index (χ4v) is 3.76. The van der Waals surface area contributed by atoms with Crippen LogP contribution in [0.1, 0.15) is 49.3 Å². The quantitative estimate of drug-likeness (QED) is 0.868. The Kier molecular flexibility index (Phi) is 5.76. The molecule has 1 atom stereocenters. The molecule has 3 rings (SSSR count). The van der Waals surface area contributed by atoms with Crippen molar-refractivity contribution in [2.75, 3.05) is 5.32 Å². The summed E-state index contributed by atoms with van der Waals surface area (Å²) in [6, 6.07) is 11.5. The number of benzene rings is 1. The van der Waals surface area contributed by atoms with Gasteiger partial charge in [0.25, 0.3) is 5.56 Å². The lowest BCUT2D eigenvalue weighted by Crippen LogP contribution is -2.37. The second-order valence-corrected chi connectivity index (χ2v) is 7.20. The fourth-order valence-electron chi connectivity index (χ4n) is 3.76. The maximum absolute atomic E-state index is 12.7. The van der Waals surface area contributed by atoms with E-state index in [9.17, 15) is 9.59 Å². The number of amides is 2. The Morgan fingerprint density at radius 2 is 1.85 bits per heavy atom. The maximum Gasteiger partial charge on any atom is 0.319 e. The molecular weight excluding hydrogens is 326 g/mol. The van der Waals surface area contributed by atoms with E-state index in [1.165, 1.54) is 29.9 Å². The van der Waals surface area contributed by atoms with Gasteiger partial charge in [0.2, 0.25) is 0 Å². The van der Waals surface area contributed by atoms with Gasteiger partial charge in [-0.2, -0.15) is 0 Å². The molecule has 1 saturated carbocycles. The van der Waals surface area contributed by atoms with Gasteiger partial charge in [0.15, 0.2) is 0 Å². The number of hydrogen-bond donors (Lipinski definition) is 2. The first kappa shape index (κ1) is 18.2. The Morgan fingerprint density at radius 3 is 2.54 bits per heavy atom. The van der Waals surface area contributed by atoms with Crippen LogP contribution in [0.3, 0.4) is 0 Å². The SMILES string of the molecule is Cc1cc(=O)n(C)cc1NC(=O)NC(c1ccccc1)C1CCCCC1. The van der Waals surface area contributed by atoms with Gasteiger partial charge < -0.3 is 15.2 Å².